The zero-order valence-corrected chi connectivity index (χ0v) is 15.6. The molecule has 138 valence electrons. The number of aldehydes is 1. The maximum Gasteiger partial charge on any atom is 0.157 e. The van der Waals surface area contributed by atoms with Crippen molar-refractivity contribution in [3.8, 4) is 11.5 Å². The number of benzene rings is 3. The van der Waals surface area contributed by atoms with Crippen molar-refractivity contribution in [1.29, 1.82) is 0 Å². The molecule has 1 N–H and O–H groups in total. The van der Waals surface area contributed by atoms with Crippen LogP contribution in [-0.4, -0.2) is 18.0 Å². The fraction of sp³-hybridized carbons (Fsp3) is 0.208. The van der Waals surface area contributed by atoms with Gasteiger partial charge in [0.05, 0.1) is 0 Å². The monoisotopic (exact) mass is 360 g/mol. The third kappa shape index (κ3) is 4.37. The van der Waals surface area contributed by atoms with Gasteiger partial charge in [-0.15, -0.1) is 0 Å². The van der Waals surface area contributed by atoms with E-state index in [2.05, 4.69) is 43.3 Å². The summed E-state index contributed by atoms with van der Waals surface area (Å²) in [7, 11) is 0. The first-order valence-corrected chi connectivity index (χ1v) is 9.11. The van der Waals surface area contributed by atoms with Gasteiger partial charge in [-0.05, 0) is 59.4 Å². The fourth-order valence-electron chi connectivity index (χ4n) is 3.60. The minimum atomic E-state index is 0.0558. The van der Waals surface area contributed by atoms with Crippen LogP contribution in [-0.2, 0) is 4.79 Å². The average Bonchev–Trinajstić information content (AvgIpc) is 2.69. The topological polar surface area (TPSA) is 46.5 Å². The van der Waals surface area contributed by atoms with Gasteiger partial charge in [-0.2, -0.15) is 0 Å². The van der Waals surface area contributed by atoms with E-state index in [1.54, 1.807) is 6.07 Å². The highest BCUT2D eigenvalue weighted by atomic mass is 16.5. The summed E-state index contributed by atoms with van der Waals surface area (Å²) in [5.74, 6) is 1.34. The summed E-state index contributed by atoms with van der Waals surface area (Å²) in [5.41, 5.74) is 4.67. The van der Waals surface area contributed by atoms with Gasteiger partial charge in [0.15, 0.2) is 6.29 Å². The predicted octanol–water partition coefficient (Wildman–Crippen LogP) is 5.21. The third-order valence-electron chi connectivity index (χ3n) is 4.97. The number of ether oxygens (including phenoxy) is 1. The molecular weight excluding hydrogens is 336 g/mol. The van der Waals surface area contributed by atoms with Gasteiger partial charge in [-0.3, -0.25) is 4.79 Å². The number of carbonyl (C=O) groups is 1. The molecule has 0 spiro atoms. The molecule has 0 unspecified atom stereocenters. The largest absolute Gasteiger partial charge is 0.508 e. The summed E-state index contributed by atoms with van der Waals surface area (Å²) < 4.78 is 5.38. The van der Waals surface area contributed by atoms with E-state index in [1.807, 2.05) is 37.3 Å². The van der Waals surface area contributed by atoms with Crippen LogP contribution in [0.1, 0.15) is 41.0 Å². The van der Waals surface area contributed by atoms with E-state index in [0.29, 0.717) is 5.75 Å². The number of phenols is 1. The van der Waals surface area contributed by atoms with Crippen LogP contribution in [0.5, 0.6) is 11.5 Å². The van der Waals surface area contributed by atoms with Crippen LogP contribution >= 0.6 is 0 Å². The summed E-state index contributed by atoms with van der Waals surface area (Å²) >= 11 is 0. The molecule has 3 nitrogen and oxygen atoms in total. The highest BCUT2D eigenvalue weighted by Crippen LogP contribution is 2.40. The van der Waals surface area contributed by atoms with E-state index < -0.39 is 0 Å². The fourth-order valence-corrected chi connectivity index (χ4v) is 3.60. The Labute approximate surface area is 160 Å². The highest BCUT2D eigenvalue weighted by molar-refractivity contribution is 5.51. The molecule has 0 aliphatic heterocycles. The molecule has 3 aromatic rings. The van der Waals surface area contributed by atoms with Crippen molar-refractivity contribution in [1.82, 2.24) is 0 Å². The number of aromatic hydroxyl groups is 1. The van der Waals surface area contributed by atoms with Gasteiger partial charge in [0.25, 0.3) is 0 Å². The Hall–Kier alpha value is -3.07. The lowest BCUT2D eigenvalue weighted by Gasteiger charge is -2.27. The number of phenolic OH excluding ortho intramolecular Hbond substituents is 1. The van der Waals surface area contributed by atoms with Crippen LogP contribution in [0, 0.1) is 6.92 Å². The summed E-state index contributed by atoms with van der Waals surface area (Å²) in [6.07, 6.45) is 0.744. The predicted molar refractivity (Wildman–Crippen MR) is 108 cm³/mol. The van der Waals surface area contributed by atoms with E-state index >= 15 is 0 Å². The maximum atomic E-state index is 10.5. The minimum Gasteiger partial charge on any atom is -0.508 e. The number of hydrogen-bond donors (Lipinski definition) is 1. The van der Waals surface area contributed by atoms with E-state index in [0.717, 1.165) is 11.8 Å². The minimum absolute atomic E-state index is 0.0558. The standard InChI is InChI=1S/C24H24O3/c1-17-16-21(26)10-13-23(17)24(18(2)19-6-4-3-5-7-19)20-8-11-22(12-9-20)27-15-14-25/h3-14,16,18,24,26H,15H2,1-2H3/t18-,24-/m1/s1. The zero-order valence-electron chi connectivity index (χ0n) is 15.6. The van der Waals surface area contributed by atoms with Crippen LogP contribution in [0.2, 0.25) is 0 Å². The molecule has 0 saturated heterocycles. The highest BCUT2D eigenvalue weighted by Gasteiger charge is 2.24. The Bertz CT molecular complexity index is 885. The summed E-state index contributed by atoms with van der Waals surface area (Å²) in [5, 5.41) is 9.82. The second-order valence-corrected chi connectivity index (χ2v) is 6.76. The van der Waals surface area contributed by atoms with Crippen molar-refractivity contribution in [2.45, 2.75) is 25.7 Å². The first kappa shape index (κ1) is 18.7. The van der Waals surface area contributed by atoms with Crippen molar-refractivity contribution < 1.29 is 14.6 Å². The van der Waals surface area contributed by atoms with Crippen LogP contribution in [0.4, 0.5) is 0 Å². The SMILES string of the molecule is Cc1cc(O)ccc1[C@@H](c1ccc(OCC=O)cc1)[C@H](C)c1ccccc1. The van der Waals surface area contributed by atoms with Crippen molar-refractivity contribution in [2.24, 2.45) is 0 Å². The molecule has 0 aliphatic carbocycles. The summed E-state index contributed by atoms with van der Waals surface area (Å²) in [6, 6.07) is 23.9. The molecule has 0 heterocycles. The molecular formula is C24H24O3. The Morgan fingerprint density at radius 2 is 1.67 bits per heavy atom. The maximum absolute atomic E-state index is 10.5. The van der Waals surface area contributed by atoms with E-state index in [4.69, 9.17) is 4.74 Å². The van der Waals surface area contributed by atoms with Crippen LogP contribution in [0.3, 0.4) is 0 Å². The van der Waals surface area contributed by atoms with Crippen molar-refractivity contribution in [3.63, 3.8) is 0 Å². The lowest BCUT2D eigenvalue weighted by atomic mass is 9.77. The molecule has 2 atom stereocenters. The van der Waals surface area contributed by atoms with Gasteiger partial charge in [0.2, 0.25) is 0 Å². The Balaban J connectivity index is 2.03. The van der Waals surface area contributed by atoms with Gasteiger partial charge >= 0.3 is 0 Å². The third-order valence-corrected chi connectivity index (χ3v) is 4.97. The van der Waals surface area contributed by atoms with Crippen LogP contribution in [0.25, 0.3) is 0 Å². The quantitative estimate of drug-likeness (QED) is 0.588. The molecule has 0 aliphatic rings. The van der Waals surface area contributed by atoms with Crippen molar-refractivity contribution >= 4 is 6.29 Å². The molecule has 3 rings (SSSR count). The molecule has 0 bridgehead atoms. The van der Waals surface area contributed by atoms with E-state index in [-0.39, 0.29) is 24.2 Å². The molecule has 0 amide bonds. The van der Waals surface area contributed by atoms with Crippen LogP contribution in [0.15, 0.2) is 72.8 Å². The van der Waals surface area contributed by atoms with Gasteiger partial charge in [-0.1, -0.05) is 55.5 Å². The number of rotatable bonds is 7. The Morgan fingerprint density at radius 3 is 2.30 bits per heavy atom. The first-order chi connectivity index (χ1) is 13.1. The number of aryl methyl sites for hydroxylation is 1. The first-order valence-electron chi connectivity index (χ1n) is 9.11. The Kier molecular flexibility index (Phi) is 5.92. The molecule has 0 saturated carbocycles. The van der Waals surface area contributed by atoms with Gasteiger partial charge in [-0.25, -0.2) is 0 Å². The molecule has 0 fully saturated rings. The Morgan fingerprint density at radius 1 is 0.963 bits per heavy atom. The molecule has 0 radical (unpaired) electrons. The van der Waals surface area contributed by atoms with Crippen LogP contribution < -0.4 is 4.74 Å². The average molecular weight is 360 g/mol. The normalized spacial score (nSPS) is 13.0. The summed E-state index contributed by atoms with van der Waals surface area (Å²) in [4.78, 5) is 10.5. The molecule has 3 heteroatoms. The number of carbonyl (C=O) groups excluding carboxylic acids is 1. The van der Waals surface area contributed by atoms with Crippen molar-refractivity contribution in [3.05, 3.63) is 95.1 Å². The molecule has 27 heavy (non-hydrogen) atoms. The van der Waals surface area contributed by atoms with Gasteiger partial charge in [0.1, 0.15) is 18.1 Å². The lowest BCUT2D eigenvalue weighted by Crippen LogP contribution is -2.12. The summed E-state index contributed by atoms with van der Waals surface area (Å²) in [6.45, 7) is 4.31. The second-order valence-electron chi connectivity index (χ2n) is 6.76. The number of hydrogen-bond acceptors (Lipinski definition) is 3. The molecule has 3 aromatic carbocycles. The zero-order chi connectivity index (χ0) is 19.2. The lowest BCUT2D eigenvalue weighted by molar-refractivity contribution is -0.109. The van der Waals surface area contributed by atoms with Crippen molar-refractivity contribution in [2.75, 3.05) is 6.61 Å². The molecule has 0 aromatic heterocycles. The van der Waals surface area contributed by atoms with Gasteiger partial charge in [0, 0.05) is 5.92 Å². The smallest absolute Gasteiger partial charge is 0.157 e. The second kappa shape index (κ2) is 8.54. The van der Waals surface area contributed by atoms with E-state index in [9.17, 15) is 9.90 Å². The van der Waals surface area contributed by atoms with E-state index in [1.165, 1.54) is 16.7 Å². The van der Waals surface area contributed by atoms with Gasteiger partial charge < -0.3 is 9.84 Å².